The summed E-state index contributed by atoms with van der Waals surface area (Å²) in [5, 5.41) is 10.0. The first kappa shape index (κ1) is 32.3. The van der Waals surface area contributed by atoms with E-state index in [9.17, 15) is 0 Å². The Balaban J connectivity index is 0.00000141. The molecule has 0 saturated carbocycles. The van der Waals surface area contributed by atoms with Crippen LogP contribution in [0.15, 0.2) is 140 Å². The topological polar surface area (TPSA) is 0 Å². The number of aryl methyl sites for hydroxylation is 2. The van der Waals surface area contributed by atoms with Crippen LogP contribution < -0.4 is 15.6 Å². The molecular formula is C41H38HfSi. The summed E-state index contributed by atoms with van der Waals surface area (Å²) in [6.07, 6.45) is 0. The first-order valence-electron chi connectivity index (χ1n) is 14.1. The molecule has 0 amide bonds. The molecule has 0 N–H and O–H groups in total. The Morgan fingerprint density at radius 1 is 0.465 bits per heavy atom. The predicted molar refractivity (Wildman–Crippen MR) is 189 cm³/mol. The number of hydrogen-bond acceptors (Lipinski definition) is 0. The number of fused-ring (bicyclic) bond motifs is 2. The van der Waals surface area contributed by atoms with Crippen LogP contribution in [-0.4, -0.2) is 8.07 Å². The third-order valence-electron chi connectivity index (χ3n) is 8.75. The van der Waals surface area contributed by atoms with Gasteiger partial charge in [-0.05, 0) is 11.1 Å². The molecular weight excluding hydrogens is 699 g/mol. The second-order valence-corrected chi connectivity index (χ2v) is 15.0. The molecule has 0 aliphatic heterocycles. The maximum atomic E-state index is 2.59. The van der Waals surface area contributed by atoms with Crippen LogP contribution in [-0.2, 0) is 25.8 Å². The van der Waals surface area contributed by atoms with Crippen molar-refractivity contribution in [1.29, 1.82) is 0 Å². The molecule has 0 saturated heterocycles. The van der Waals surface area contributed by atoms with Gasteiger partial charge in [0.25, 0.3) is 0 Å². The number of benzene rings is 5. The Bertz CT molecular complexity index is 1840. The fraction of sp³-hybridized carbons (Fsp3) is 0.0732. The van der Waals surface area contributed by atoms with Crippen LogP contribution >= 0.6 is 0 Å². The minimum absolute atomic E-state index is 0. The maximum Gasteiger partial charge on any atom is 4.00 e. The van der Waals surface area contributed by atoms with Crippen LogP contribution in [0.3, 0.4) is 0 Å². The number of hydrogen-bond donors (Lipinski definition) is 0. The van der Waals surface area contributed by atoms with E-state index in [1.54, 1.807) is 0 Å². The van der Waals surface area contributed by atoms with Gasteiger partial charge in [-0.1, -0.05) is 140 Å². The summed E-state index contributed by atoms with van der Waals surface area (Å²) in [7, 11) is -2.52. The van der Waals surface area contributed by atoms with Gasteiger partial charge in [-0.15, -0.1) is 69.1 Å². The van der Waals surface area contributed by atoms with E-state index >= 15 is 0 Å². The molecule has 210 valence electrons. The smallest absolute Gasteiger partial charge is 0.358 e. The molecule has 0 atom stereocenters. The molecule has 2 heteroatoms. The van der Waals surface area contributed by atoms with E-state index in [2.05, 4.69) is 160 Å². The Morgan fingerprint density at radius 2 is 0.837 bits per heavy atom. The normalized spacial score (nSPS) is 11.0. The van der Waals surface area contributed by atoms with Crippen LogP contribution in [0.5, 0.6) is 0 Å². The van der Waals surface area contributed by atoms with Gasteiger partial charge in [0, 0.05) is 8.07 Å². The van der Waals surface area contributed by atoms with E-state index in [-0.39, 0.29) is 40.7 Å². The monoisotopic (exact) mass is 738 g/mol. The van der Waals surface area contributed by atoms with Crippen LogP contribution in [0.2, 0.25) is 6.55 Å². The molecule has 0 unspecified atom stereocenters. The van der Waals surface area contributed by atoms with Crippen LogP contribution in [0.25, 0.3) is 43.8 Å². The average Bonchev–Trinajstić information content (AvgIpc) is 3.54. The second-order valence-electron chi connectivity index (χ2n) is 11.2. The molecule has 0 aliphatic carbocycles. The molecule has 7 aromatic carbocycles. The predicted octanol–water partition coefficient (Wildman–Crippen LogP) is 9.38. The van der Waals surface area contributed by atoms with Crippen molar-refractivity contribution in [2.24, 2.45) is 0 Å². The van der Waals surface area contributed by atoms with Crippen molar-refractivity contribution >= 4 is 45.2 Å². The second kappa shape index (κ2) is 13.0. The SMILES string of the molecule is Cc1[cH-]c2cccc(-c3ccccc3)c2c1[Si](C)(c1ccccc1)c1c(C)[cH-]c2cccc(-c3ccccc3)c12.[CH3-].[CH3-].[Hf+4]. The Morgan fingerprint density at radius 3 is 1.23 bits per heavy atom. The zero-order chi connectivity index (χ0) is 27.3. The summed E-state index contributed by atoms with van der Waals surface area (Å²) in [5.41, 5.74) is 7.99. The summed E-state index contributed by atoms with van der Waals surface area (Å²) < 4.78 is 0. The van der Waals surface area contributed by atoms with Gasteiger partial charge < -0.3 is 14.9 Å². The van der Waals surface area contributed by atoms with E-state index in [4.69, 9.17) is 0 Å². The summed E-state index contributed by atoms with van der Waals surface area (Å²) in [4.78, 5) is 0. The quantitative estimate of drug-likeness (QED) is 0.122. The molecule has 0 radical (unpaired) electrons. The third kappa shape index (κ3) is 5.26. The van der Waals surface area contributed by atoms with E-state index in [1.807, 2.05) is 0 Å². The van der Waals surface area contributed by atoms with E-state index in [1.165, 1.54) is 70.5 Å². The van der Waals surface area contributed by atoms with Gasteiger partial charge in [-0.3, -0.25) is 0 Å². The van der Waals surface area contributed by atoms with Crippen LogP contribution in [0.4, 0.5) is 0 Å². The average molecular weight is 737 g/mol. The maximum absolute atomic E-state index is 2.59. The third-order valence-corrected chi connectivity index (χ3v) is 13.5. The fourth-order valence-electron chi connectivity index (χ4n) is 7.13. The van der Waals surface area contributed by atoms with Gasteiger partial charge >= 0.3 is 25.8 Å². The van der Waals surface area contributed by atoms with E-state index in [0.29, 0.717) is 0 Å². The van der Waals surface area contributed by atoms with Crippen molar-refractivity contribution in [2.45, 2.75) is 20.4 Å². The molecule has 0 spiro atoms. The van der Waals surface area contributed by atoms with Gasteiger partial charge in [0.05, 0.1) is 0 Å². The minimum atomic E-state index is -2.52. The van der Waals surface area contributed by atoms with E-state index < -0.39 is 8.07 Å². The van der Waals surface area contributed by atoms with Gasteiger partial charge in [-0.2, -0.15) is 10.4 Å². The zero-order valence-electron chi connectivity index (χ0n) is 25.8. The molecule has 0 aliphatic rings. The van der Waals surface area contributed by atoms with Crippen molar-refractivity contribution in [3.05, 3.63) is 166 Å². The number of rotatable bonds is 5. The molecule has 0 fully saturated rings. The van der Waals surface area contributed by atoms with Gasteiger partial charge in [0.1, 0.15) is 0 Å². The molecule has 7 aromatic rings. The van der Waals surface area contributed by atoms with E-state index in [0.717, 1.165) is 0 Å². The van der Waals surface area contributed by atoms with Crippen LogP contribution in [0, 0.1) is 28.7 Å². The Labute approximate surface area is 277 Å². The molecule has 0 aromatic heterocycles. The summed E-state index contributed by atoms with van der Waals surface area (Å²) in [5.74, 6) is 0. The summed E-state index contributed by atoms with van der Waals surface area (Å²) in [6, 6.07) is 51.6. The van der Waals surface area contributed by atoms with Crippen molar-refractivity contribution < 1.29 is 25.8 Å². The molecule has 0 nitrogen and oxygen atoms in total. The Kier molecular flexibility index (Phi) is 9.74. The molecule has 43 heavy (non-hydrogen) atoms. The van der Waals surface area contributed by atoms with Gasteiger partial charge in [-0.25, -0.2) is 0 Å². The Hall–Kier alpha value is -3.59. The standard InChI is InChI=1S/C39H32Si.2CH3.Hf/c1-27-25-31-19-13-23-34(29-15-7-4-8-16-29)36(31)38(27)40(3,33-21-11-6-12-22-33)39-28(2)26-32-20-14-24-35(37(32)39)30-17-9-5-10-18-30;;;/h4-26H,1-3H3;2*1H3;/q-2;2*-1;+4. The molecule has 0 heterocycles. The van der Waals surface area contributed by atoms with Crippen molar-refractivity contribution in [3.8, 4) is 22.3 Å². The molecule has 0 bridgehead atoms. The van der Waals surface area contributed by atoms with Crippen LogP contribution in [0.1, 0.15) is 11.1 Å². The van der Waals surface area contributed by atoms with Gasteiger partial charge in [0.15, 0.2) is 0 Å². The minimum Gasteiger partial charge on any atom is -0.358 e. The largest absolute Gasteiger partial charge is 4.00 e. The van der Waals surface area contributed by atoms with Gasteiger partial charge in [0.2, 0.25) is 0 Å². The van der Waals surface area contributed by atoms with Crippen molar-refractivity contribution in [3.63, 3.8) is 0 Å². The first-order chi connectivity index (χ1) is 19.6. The summed E-state index contributed by atoms with van der Waals surface area (Å²) in [6.45, 7) is 7.25. The zero-order valence-corrected chi connectivity index (χ0v) is 30.4. The first-order valence-corrected chi connectivity index (χ1v) is 16.6. The van der Waals surface area contributed by atoms with Crippen molar-refractivity contribution in [2.75, 3.05) is 0 Å². The fourth-order valence-corrected chi connectivity index (χ4v) is 12.1. The van der Waals surface area contributed by atoms with Crippen molar-refractivity contribution in [1.82, 2.24) is 0 Å². The summed E-state index contributed by atoms with van der Waals surface area (Å²) >= 11 is 0. The molecule has 7 rings (SSSR count).